The van der Waals surface area contributed by atoms with Gasteiger partial charge >= 0.3 is 0 Å². The Morgan fingerprint density at radius 1 is 1.55 bits per heavy atom. The van der Waals surface area contributed by atoms with Gasteiger partial charge in [-0.15, -0.1) is 0 Å². The lowest BCUT2D eigenvalue weighted by Crippen LogP contribution is -1.89. The van der Waals surface area contributed by atoms with Gasteiger partial charge < -0.3 is 4.55 Å². The minimum atomic E-state index is -1.90. The topological polar surface area (TPSA) is 37.3 Å². The molecule has 0 aliphatic rings. The Labute approximate surface area is 88.9 Å². The third-order valence-electron chi connectivity index (χ3n) is 1.08. The molecule has 0 fully saturated rings. The van der Waals surface area contributed by atoms with Crippen molar-refractivity contribution >= 4 is 49.6 Å². The van der Waals surface area contributed by atoms with E-state index in [1.165, 1.54) is 0 Å². The van der Waals surface area contributed by atoms with Crippen molar-refractivity contribution < 1.29 is 8.76 Å². The maximum atomic E-state index is 10.6. The lowest BCUT2D eigenvalue weighted by atomic mass is 10.4. The number of hydrogen-bond donors (Lipinski definition) is 1. The van der Waals surface area contributed by atoms with Crippen LogP contribution in [0.1, 0.15) is 0 Å². The van der Waals surface area contributed by atoms with E-state index in [-0.39, 0.29) is 0 Å². The van der Waals surface area contributed by atoms with Crippen LogP contribution in [0.25, 0.3) is 0 Å². The smallest absolute Gasteiger partial charge is 0.187 e. The quantitative estimate of drug-likeness (QED) is 0.627. The standard InChI is InChI=1S/C6H4BrIO2S/c7-5-3-4(8)1-2-6(5)11(9)10/h1-3H,(H,9,10). The van der Waals surface area contributed by atoms with Crippen molar-refractivity contribution in [2.45, 2.75) is 4.90 Å². The molecule has 0 bridgehead atoms. The second kappa shape index (κ2) is 3.97. The Bertz CT molecular complexity index is 303. The van der Waals surface area contributed by atoms with Crippen LogP contribution >= 0.6 is 38.5 Å². The van der Waals surface area contributed by atoms with Crippen molar-refractivity contribution in [1.29, 1.82) is 0 Å². The molecular weight excluding hydrogens is 343 g/mol. The van der Waals surface area contributed by atoms with Gasteiger partial charge in [-0.2, -0.15) is 0 Å². The van der Waals surface area contributed by atoms with Gasteiger partial charge in [0, 0.05) is 8.04 Å². The molecule has 0 saturated carbocycles. The van der Waals surface area contributed by atoms with Gasteiger partial charge in [-0.1, -0.05) is 0 Å². The molecule has 5 heteroatoms. The summed E-state index contributed by atoms with van der Waals surface area (Å²) in [6.07, 6.45) is 0. The van der Waals surface area contributed by atoms with E-state index < -0.39 is 11.1 Å². The van der Waals surface area contributed by atoms with Gasteiger partial charge in [-0.3, -0.25) is 0 Å². The molecule has 0 aliphatic carbocycles. The molecule has 0 aromatic heterocycles. The average molecular weight is 347 g/mol. The van der Waals surface area contributed by atoms with Gasteiger partial charge in [0.15, 0.2) is 11.1 Å². The van der Waals surface area contributed by atoms with Crippen LogP contribution in [-0.2, 0) is 11.1 Å². The zero-order valence-corrected chi connectivity index (χ0v) is 9.81. The van der Waals surface area contributed by atoms with Crippen LogP contribution in [-0.4, -0.2) is 8.76 Å². The molecule has 0 spiro atoms. The average Bonchev–Trinajstić information content (AvgIpc) is 1.85. The van der Waals surface area contributed by atoms with Crippen molar-refractivity contribution in [3.8, 4) is 0 Å². The van der Waals surface area contributed by atoms with Crippen LogP contribution in [0.3, 0.4) is 0 Å². The molecule has 0 amide bonds. The summed E-state index contributed by atoms with van der Waals surface area (Å²) in [6, 6.07) is 5.21. The van der Waals surface area contributed by atoms with Crippen LogP contribution in [0, 0.1) is 3.57 Å². The largest absolute Gasteiger partial charge is 0.302 e. The van der Waals surface area contributed by atoms with Gasteiger partial charge in [0.1, 0.15) is 0 Å². The zero-order chi connectivity index (χ0) is 8.43. The molecule has 1 atom stereocenters. The zero-order valence-electron chi connectivity index (χ0n) is 5.25. The summed E-state index contributed by atoms with van der Waals surface area (Å²) in [5.41, 5.74) is 0. The van der Waals surface area contributed by atoms with E-state index in [2.05, 4.69) is 38.5 Å². The Morgan fingerprint density at radius 2 is 2.18 bits per heavy atom. The fraction of sp³-hybridized carbons (Fsp3) is 0. The number of benzene rings is 1. The van der Waals surface area contributed by atoms with Crippen molar-refractivity contribution in [2.75, 3.05) is 0 Å². The van der Waals surface area contributed by atoms with E-state index in [4.69, 9.17) is 4.55 Å². The molecule has 0 saturated heterocycles. The molecule has 0 aliphatic heterocycles. The highest BCUT2D eigenvalue weighted by Gasteiger charge is 2.04. The normalized spacial score (nSPS) is 13.0. The van der Waals surface area contributed by atoms with E-state index in [0.29, 0.717) is 9.37 Å². The van der Waals surface area contributed by atoms with Crippen molar-refractivity contribution in [1.82, 2.24) is 0 Å². The number of rotatable bonds is 1. The molecule has 0 heterocycles. The molecule has 0 radical (unpaired) electrons. The summed E-state index contributed by atoms with van der Waals surface area (Å²) in [6.45, 7) is 0. The van der Waals surface area contributed by atoms with E-state index >= 15 is 0 Å². The van der Waals surface area contributed by atoms with Gasteiger partial charge in [0.2, 0.25) is 0 Å². The second-order valence-electron chi connectivity index (χ2n) is 1.82. The number of hydrogen-bond acceptors (Lipinski definition) is 1. The first-order chi connectivity index (χ1) is 5.11. The SMILES string of the molecule is O=S(O)c1ccc(I)cc1Br. The molecule has 60 valence electrons. The number of halogens is 2. The van der Waals surface area contributed by atoms with Gasteiger partial charge in [-0.25, -0.2) is 4.21 Å². The van der Waals surface area contributed by atoms with Crippen LogP contribution in [0.5, 0.6) is 0 Å². The van der Waals surface area contributed by atoms with Crippen LogP contribution in [0.15, 0.2) is 27.6 Å². The fourth-order valence-electron chi connectivity index (χ4n) is 0.617. The summed E-state index contributed by atoms with van der Waals surface area (Å²) in [4.78, 5) is 0.408. The molecule has 2 nitrogen and oxygen atoms in total. The van der Waals surface area contributed by atoms with Crippen molar-refractivity contribution in [3.63, 3.8) is 0 Å². The van der Waals surface area contributed by atoms with E-state index in [1.807, 2.05) is 0 Å². The van der Waals surface area contributed by atoms with Gasteiger partial charge in [0.25, 0.3) is 0 Å². The van der Waals surface area contributed by atoms with Gasteiger partial charge in [-0.05, 0) is 56.7 Å². The third-order valence-corrected chi connectivity index (χ3v) is 3.40. The molecular formula is C6H4BrIO2S. The first-order valence-electron chi connectivity index (χ1n) is 2.67. The molecule has 1 rings (SSSR count). The Morgan fingerprint density at radius 3 is 2.64 bits per heavy atom. The van der Waals surface area contributed by atoms with Gasteiger partial charge in [0.05, 0.1) is 4.90 Å². The minimum Gasteiger partial charge on any atom is -0.302 e. The van der Waals surface area contributed by atoms with Crippen molar-refractivity contribution in [3.05, 3.63) is 26.2 Å². The lowest BCUT2D eigenvalue weighted by Gasteiger charge is -1.98. The van der Waals surface area contributed by atoms with Crippen molar-refractivity contribution in [2.24, 2.45) is 0 Å². The summed E-state index contributed by atoms with van der Waals surface area (Å²) < 4.78 is 21.0. The second-order valence-corrected chi connectivity index (χ2v) is 4.86. The third kappa shape index (κ3) is 2.50. The Balaban J connectivity index is 3.20. The lowest BCUT2D eigenvalue weighted by molar-refractivity contribution is 0.564. The predicted molar refractivity (Wildman–Crippen MR) is 55.9 cm³/mol. The first-order valence-corrected chi connectivity index (χ1v) is 5.65. The van der Waals surface area contributed by atoms with E-state index in [0.717, 1.165) is 3.57 Å². The highest BCUT2D eigenvalue weighted by atomic mass is 127. The highest BCUT2D eigenvalue weighted by Crippen LogP contribution is 2.21. The first kappa shape index (κ1) is 9.63. The summed E-state index contributed by atoms with van der Waals surface area (Å²) in [5.74, 6) is 0. The molecule has 1 N–H and O–H groups in total. The van der Waals surface area contributed by atoms with E-state index in [1.54, 1.807) is 18.2 Å². The minimum absolute atomic E-state index is 0.408. The highest BCUT2D eigenvalue weighted by molar-refractivity contribution is 14.1. The fourth-order valence-corrected chi connectivity index (χ4v) is 2.74. The maximum Gasteiger partial charge on any atom is 0.187 e. The van der Waals surface area contributed by atoms with Crippen LogP contribution < -0.4 is 0 Å². The van der Waals surface area contributed by atoms with Crippen LogP contribution in [0.2, 0.25) is 0 Å². The molecule has 11 heavy (non-hydrogen) atoms. The summed E-state index contributed by atoms with van der Waals surface area (Å²) in [7, 11) is 0. The molecule has 1 aromatic carbocycles. The predicted octanol–water partition coefficient (Wildman–Crippen LogP) is 2.63. The summed E-state index contributed by atoms with van der Waals surface area (Å²) in [5, 5.41) is 0. The van der Waals surface area contributed by atoms with Crippen LogP contribution in [0.4, 0.5) is 0 Å². The molecule has 1 unspecified atom stereocenters. The molecule has 1 aromatic rings. The Hall–Kier alpha value is 0.540. The Kier molecular flexibility index (Phi) is 3.48. The monoisotopic (exact) mass is 346 g/mol. The van der Waals surface area contributed by atoms with E-state index in [9.17, 15) is 4.21 Å². The maximum absolute atomic E-state index is 10.6. The summed E-state index contributed by atoms with van der Waals surface area (Å²) >= 11 is 3.43.